The maximum atomic E-state index is 12.4. The summed E-state index contributed by atoms with van der Waals surface area (Å²) in [6.07, 6.45) is 0.651. The summed E-state index contributed by atoms with van der Waals surface area (Å²) in [4.78, 5) is 12.4. The molecule has 7 nitrogen and oxygen atoms in total. The summed E-state index contributed by atoms with van der Waals surface area (Å²) in [6, 6.07) is 13.8. The van der Waals surface area contributed by atoms with Gasteiger partial charge in [-0.15, -0.1) is 0 Å². The van der Waals surface area contributed by atoms with Gasteiger partial charge in [0, 0.05) is 13.0 Å². The molecule has 3 rings (SSSR count). The van der Waals surface area contributed by atoms with Crippen molar-refractivity contribution in [3.8, 4) is 0 Å². The maximum absolute atomic E-state index is 12.4. The Morgan fingerprint density at radius 3 is 2.62 bits per heavy atom. The van der Waals surface area contributed by atoms with Crippen molar-refractivity contribution in [2.75, 3.05) is 26.4 Å². The second-order valence-electron chi connectivity index (χ2n) is 6.86. The Morgan fingerprint density at radius 1 is 1.00 bits per heavy atom. The minimum absolute atomic E-state index is 0.248. The van der Waals surface area contributed by atoms with Crippen LogP contribution in [0.15, 0.2) is 42.5 Å². The van der Waals surface area contributed by atoms with Gasteiger partial charge < -0.3 is 14.2 Å². The van der Waals surface area contributed by atoms with Crippen LogP contribution < -0.4 is 0 Å². The van der Waals surface area contributed by atoms with Crippen molar-refractivity contribution < 1.29 is 19.0 Å². The van der Waals surface area contributed by atoms with E-state index < -0.39 is 0 Å². The van der Waals surface area contributed by atoms with E-state index in [-0.39, 0.29) is 11.9 Å². The molecule has 2 aromatic carbocycles. The van der Waals surface area contributed by atoms with Crippen LogP contribution in [-0.4, -0.2) is 47.8 Å². The summed E-state index contributed by atoms with van der Waals surface area (Å²) in [5, 5.41) is 10.8. The zero-order valence-electron chi connectivity index (χ0n) is 16.9. The number of benzene rings is 2. The van der Waals surface area contributed by atoms with Crippen LogP contribution in [-0.2, 0) is 25.6 Å². The fourth-order valence-electron chi connectivity index (χ4n) is 3.10. The number of rotatable bonds is 11. The zero-order chi connectivity index (χ0) is 20.5. The number of nitrogens with zero attached hydrogens (tertiary/aromatic N) is 2. The number of carbonyl (C=O) groups excluding carboxylic acids is 1. The highest BCUT2D eigenvalue weighted by Gasteiger charge is 2.20. The second kappa shape index (κ2) is 10.7. The zero-order valence-corrected chi connectivity index (χ0v) is 16.9. The molecular formula is C22H27N3O4. The topological polar surface area (TPSA) is 86.3 Å². The smallest absolute Gasteiger partial charge is 0.313 e. The number of ether oxygens (including phenoxy) is 3. The van der Waals surface area contributed by atoms with Crippen LogP contribution >= 0.6 is 0 Å². The van der Waals surface area contributed by atoms with Crippen LogP contribution in [0, 0.1) is 6.92 Å². The maximum Gasteiger partial charge on any atom is 0.313 e. The molecular weight excluding hydrogens is 370 g/mol. The molecule has 0 saturated carbocycles. The lowest BCUT2D eigenvalue weighted by Crippen LogP contribution is -2.16. The van der Waals surface area contributed by atoms with Crippen LogP contribution in [0.25, 0.3) is 11.0 Å². The van der Waals surface area contributed by atoms with Crippen LogP contribution in [0.1, 0.15) is 36.0 Å². The molecule has 29 heavy (non-hydrogen) atoms. The summed E-state index contributed by atoms with van der Waals surface area (Å²) in [6.45, 7) is 6.29. The number of carbonyl (C=O) groups is 1. The highest BCUT2D eigenvalue weighted by atomic mass is 16.5. The first-order chi connectivity index (χ1) is 14.2. The van der Waals surface area contributed by atoms with Crippen molar-refractivity contribution in [1.82, 2.24) is 15.4 Å². The van der Waals surface area contributed by atoms with Crippen LogP contribution in [0.2, 0.25) is 0 Å². The monoisotopic (exact) mass is 397 g/mol. The Labute approximate surface area is 170 Å². The third kappa shape index (κ3) is 5.85. The molecule has 1 heterocycles. The van der Waals surface area contributed by atoms with Crippen molar-refractivity contribution in [3.63, 3.8) is 0 Å². The molecule has 0 amide bonds. The molecule has 7 heteroatoms. The van der Waals surface area contributed by atoms with Gasteiger partial charge >= 0.3 is 5.97 Å². The number of nitrogens with one attached hydrogen (secondary N) is 1. The summed E-state index contributed by atoms with van der Waals surface area (Å²) in [7, 11) is 0. The number of aromatic amines is 1. The number of hydrogen-bond donors (Lipinski definition) is 1. The van der Waals surface area contributed by atoms with Gasteiger partial charge in [-0.2, -0.15) is 15.4 Å². The van der Waals surface area contributed by atoms with Gasteiger partial charge in [0.2, 0.25) is 0 Å². The summed E-state index contributed by atoms with van der Waals surface area (Å²) in [5.74, 6) is -0.606. The minimum atomic E-state index is -0.358. The van der Waals surface area contributed by atoms with Crippen molar-refractivity contribution >= 4 is 17.0 Å². The molecule has 0 radical (unpaired) electrons. The first-order valence-corrected chi connectivity index (χ1v) is 9.83. The molecule has 0 bridgehead atoms. The number of hydrogen-bond acceptors (Lipinski definition) is 6. The van der Waals surface area contributed by atoms with Gasteiger partial charge in [0.05, 0.1) is 32.3 Å². The van der Waals surface area contributed by atoms with E-state index in [4.69, 9.17) is 14.2 Å². The van der Waals surface area contributed by atoms with Crippen molar-refractivity contribution in [2.45, 2.75) is 32.8 Å². The molecule has 3 aromatic rings. The Kier molecular flexibility index (Phi) is 7.72. The lowest BCUT2D eigenvalue weighted by atomic mass is 9.95. The van der Waals surface area contributed by atoms with Gasteiger partial charge in [-0.3, -0.25) is 4.79 Å². The summed E-state index contributed by atoms with van der Waals surface area (Å²) < 4.78 is 16.5. The first kappa shape index (κ1) is 21.0. The minimum Gasteiger partial charge on any atom is -0.465 e. The molecule has 1 N–H and O–H groups in total. The predicted molar refractivity (Wildman–Crippen MR) is 110 cm³/mol. The average Bonchev–Trinajstić information content (AvgIpc) is 3.23. The molecule has 1 unspecified atom stereocenters. The van der Waals surface area contributed by atoms with Gasteiger partial charge in [0.15, 0.2) is 0 Å². The predicted octanol–water partition coefficient (Wildman–Crippen LogP) is 3.54. The third-order valence-electron chi connectivity index (χ3n) is 4.76. The van der Waals surface area contributed by atoms with Gasteiger partial charge in [-0.1, -0.05) is 36.4 Å². The van der Waals surface area contributed by atoms with E-state index in [0.717, 1.165) is 27.7 Å². The lowest BCUT2D eigenvalue weighted by molar-refractivity contribution is -0.145. The quantitative estimate of drug-likeness (QED) is 0.393. The first-order valence-electron chi connectivity index (χ1n) is 9.83. The second-order valence-corrected chi connectivity index (χ2v) is 6.86. The molecule has 0 aliphatic rings. The Bertz CT molecular complexity index is 911. The number of H-pyrrole nitrogens is 1. The number of esters is 1. The van der Waals surface area contributed by atoms with E-state index in [9.17, 15) is 4.79 Å². The fraction of sp³-hybridized carbons (Fsp3) is 0.409. The fourth-order valence-corrected chi connectivity index (χ4v) is 3.10. The molecule has 0 aliphatic heterocycles. The van der Waals surface area contributed by atoms with E-state index in [2.05, 4.69) is 15.4 Å². The van der Waals surface area contributed by atoms with Gasteiger partial charge in [-0.05, 0) is 36.6 Å². The third-order valence-corrected chi connectivity index (χ3v) is 4.76. The normalized spacial score (nSPS) is 12.2. The van der Waals surface area contributed by atoms with E-state index in [1.54, 1.807) is 0 Å². The van der Waals surface area contributed by atoms with E-state index >= 15 is 0 Å². The molecule has 0 saturated heterocycles. The van der Waals surface area contributed by atoms with Crippen LogP contribution in [0.5, 0.6) is 0 Å². The van der Waals surface area contributed by atoms with Crippen LogP contribution in [0.3, 0.4) is 0 Å². The van der Waals surface area contributed by atoms with E-state index in [0.29, 0.717) is 39.5 Å². The van der Waals surface area contributed by atoms with Gasteiger partial charge in [0.25, 0.3) is 0 Å². The lowest BCUT2D eigenvalue weighted by Gasteiger charge is -2.14. The Hall–Kier alpha value is -2.77. The SMILES string of the molecule is Cc1c(C(C)C(=O)OCCCOCCOCc2ccccc2)ccc2n[nH]nc12. The Morgan fingerprint density at radius 2 is 1.79 bits per heavy atom. The number of aromatic nitrogens is 3. The van der Waals surface area contributed by atoms with Gasteiger partial charge in [-0.25, -0.2) is 0 Å². The standard InChI is InChI=1S/C22H27N3O4/c1-16-19(9-10-20-21(16)24-25-23-20)17(2)22(26)29-12-6-11-27-13-14-28-15-18-7-4-3-5-8-18/h3-5,7-10,17H,6,11-15H2,1-2H3,(H,23,24,25). The molecule has 0 fully saturated rings. The van der Waals surface area contributed by atoms with Crippen molar-refractivity contribution in [1.29, 1.82) is 0 Å². The number of aryl methyl sites for hydroxylation is 1. The molecule has 0 aliphatic carbocycles. The highest BCUT2D eigenvalue weighted by Crippen LogP contribution is 2.25. The molecule has 1 atom stereocenters. The van der Waals surface area contributed by atoms with Crippen LogP contribution in [0.4, 0.5) is 0 Å². The number of fused-ring (bicyclic) bond motifs is 1. The average molecular weight is 397 g/mol. The van der Waals surface area contributed by atoms with Crippen molar-refractivity contribution in [2.24, 2.45) is 0 Å². The van der Waals surface area contributed by atoms with Crippen molar-refractivity contribution in [3.05, 3.63) is 59.2 Å². The Balaban J connectivity index is 1.29. The molecule has 154 valence electrons. The van der Waals surface area contributed by atoms with E-state index in [1.807, 2.05) is 56.3 Å². The highest BCUT2D eigenvalue weighted by molar-refractivity contribution is 5.84. The molecule has 0 spiro atoms. The summed E-state index contributed by atoms with van der Waals surface area (Å²) >= 11 is 0. The molecule has 1 aromatic heterocycles. The van der Waals surface area contributed by atoms with E-state index in [1.165, 1.54) is 0 Å². The largest absolute Gasteiger partial charge is 0.465 e. The van der Waals surface area contributed by atoms with Gasteiger partial charge in [0.1, 0.15) is 11.0 Å². The summed E-state index contributed by atoms with van der Waals surface area (Å²) in [5.41, 5.74) is 4.57.